The first kappa shape index (κ1) is 20.9. The van der Waals surface area contributed by atoms with E-state index in [1.807, 2.05) is 0 Å². The summed E-state index contributed by atoms with van der Waals surface area (Å²) in [6, 6.07) is 5.28. The molecule has 0 amide bonds. The summed E-state index contributed by atoms with van der Waals surface area (Å²) in [5, 5.41) is 11.4. The number of esters is 2. The van der Waals surface area contributed by atoms with Crippen LogP contribution in [0.25, 0.3) is 0 Å². The predicted octanol–water partition coefficient (Wildman–Crippen LogP) is 1.43. The molecule has 26 heavy (non-hydrogen) atoms. The van der Waals surface area contributed by atoms with Gasteiger partial charge in [-0.05, 0) is 13.8 Å². The number of methoxy groups -OCH3 is 2. The van der Waals surface area contributed by atoms with Gasteiger partial charge in [0.05, 0.1) is 19.1 Å². The molecule has 0 heterocycles. The molecule has 1 rings (SSSR count). The molecule has 9 nitrogen and oxygen atoms in total. The van der Waals surface area contributed by atoms with Crippen molar-refractivity contribution in [1.29, 1.82) is 0 Å². The lowest BCUT2D eigenvalue weighted by Gasteiger charge is -2.28. The Labute approximate surface area is 149 Å². The summed E-state index contributed by atoms with van der Waals surface area (Å²) in [6.45, 7) is 2.16. The first-order valence-corrected chi connectivity index (χ1v) is 7.57. The Bertz CT molecular complexity index is 708. The van der Waals surface area contributed by atoms with Crippen LogP contribution in [0.3, 0.4) is 0 Å². The number of hydrogen-bond donors (Lipinski definition) is 0. The number of benzene rings is 1. The van der Waals surface area contributed by atoms with Crippen molar-refractivity contribution in [3.05, 3.63) is 39.9 Å². The number of nitro benzene ring substituents is 1. The van der Waals surface area contributed by atoms with Crippen LogP contribution in [0.15, 0.2) is 24.3 Å². The average Bonchev–Trinajstić information content (AvgIpc) is 2.59. The van der Waals surface area contributed by atoms with Crippen LogP contribution in [-0.4, -0.2) is 42.6 Å². The van der Waals surface area contributed by atoms with E-state index in [1.165, 1.54) is 18.2 Å². The first-order chi connectivity index (χ1) is 12.2. The van der Waals surface area contributed by atoms with Gasteiger partial charge in [-0.3, -0.25) is 29.3 Å². The van der Waals surface area contributed by atoms with E-state index in [2.05, 4.69) is 9.47 Å². The lowest BCUT2D eigenvalue weighted by molar-refractivity contribution is -0.385. The minimum absolute atomic E-state index is 0.103. The maximum Gasteiger partial charge on any atom is 0.316 e. The number of para-hydroxylation sites is 1. The Balaban J connectivity index is 3.80. The van der Waals surface area contributed by atoms with Gasteiger partial charge in [0.2, 0.25) is 0 Å². The van der Waals surface area contributed by atoms with Crippen LogP contribution < -0.4 is 0 Å². The average molecular weight is 365 g/mol. The number of hydrogen-bond acceptors (Lipinski definition) is 8. The van der Waals surface area contributed by atoms with E-state index in [4.69, 9.17) is 0 Å². The first-order valence-electron chi connectivity index (χ1n) is 7.57. The van der Waals surface area contributed by atoms with Gasteiger partial charge in [0, 0.05) is 17.5 Å². The number of nitro groups is 1. The van der Waals surface area contributed by atoms with Crippen LogP contribution in [0.2, 0.25) is 0 Å². The molecule has 0 bridgehead atoms. The number of Topliss-reactive ketones (excluding diaryl/α,β-unsaturated/α-hetero) is 2. The second-order valence-corrected chi connectivity index (χ2v) is 5.56. The van der Waals surface area contributed by atoms with Crippen molar-refractivity contribution >= 4 is 29.2 Å². The lowest BCUT2D eigenvalue weighted by atomic mass is 9.73. The summed E-state index contributed by atoms with van der Waals surface area (Å²) in [4.78, 5) is 59.4. The summed E-state index contributed by atoms with van der Waals surface area (Å²) in [7, 11) is 2.07. The summed E-state index contributed by atoms with van der Waals surface area (Å²) in [5.74, 6) is -8.02. The molecule has 0 spiro atoms. The molecule has 1 aromatic carbocycles. The molecule has 0 aliphatic carbocycles. The molecule has 2 atom stereocenters. The van der Waals surface area contributed by atoms with Crippen LogP contribution in [0, 0.1) is 22.0 Å². The topological polar surface area (TPSA) is 130 Å². The Kier molecular flexibility index (Phi) is 7.12. The lowest BCUT2D eigenvalue weighted by Crippen LogP contribution is -2.40. The third-order valence-electron chi connectivity index (χ3n) is 4.00. The molecule has 1 aromatic rings. The van der Waals surface area contributed by atoms with Crippen molar-refractivity contribution in [3.63, 3.8) is 0 Å². The zero-order valence-corrected chi connectivity index (χ0v) is 14.8. The van der Waals surface area contributed by atoms with Gasteiger partial charge in [0.25, 0.3) is 5.69 Å². The highest BCUT2D eigenvalue weighted by Crippen LogP contribution is 2.39. The molecule has 0 aromatic heterocycles. The van der Waals surface area contributed by atoms with Gasteiger partial charge in [-0.15, -0.1) is 0 Å². The maximum absolute atomic E-state index is 12.2. The molecule has 140 valence electrons. The quantitative estimate of drug-likeness (QED) is 0.293. The fourth-order valence-corrected chi connectivity index (χ4v) is 2.87. The molecule has 0 N–H and O–H groups in total. The number of carbonyl (C=O) groups is 4. The van der Waals surface area contributed by atoms with E-state index in [-0.39, 0.29) is 5.56 Å². The highest BCUT2D eigenvalue weighted by atomic mass is 16.6. The number of carbonyl (C=O) groups excluding carboxylic acids is 4. The van der Waals surface area contributed by atoms with E-state index >= 15 is 0 Å². The number of ketones is 2. The van der Waals surface area contributed by atoms with E-state index in [1.54, 1.807) is 0 Å². The summed E-state index contributed by atoms with van der Waals surface area (Å²) < 4.78 is 9.25. The number of rotatable bonds is 8. The molecule has 0 saturated carbocycles. The molecular formula is C17H19NO8. The van der Waals surface area contributed by atoms with Gasteiger partial charge in [-0.2, -0.15) is 0 Å². The fraction of sp³-hybridized carbons (Fsp3) is 0.412. The Morgan fingerprint density at radius 2 is 1.35 bits per heavy atom. The van der Waals surface area contributed by atoms with Gasteiger partial charge >= 0.3 is 11.9 Å². The summed E-state index contributed by atoms with van der Waals surface area (Å²) in [5.41, 5.74) is -0.531. The third-order valence-corrected chi connectivity index (χ3v) is 4.00. The molecule has 9 heteroatoms. The third kappa shape index (κ3) is 4.29. The smallest absolute Gasteiger partial charge is 0.316 e. The Hall–Kier alpha value is -3.10. The van der Waals surface area contributed by atoms with Gasteiger partial charge in [0.1, 0.15) is 23.4 Å². The molecule has 0 saturated heterocycles. The van der Waals surface area contributed by atoms with Gasteiger partial charge in [0.15, 0.2) is 0 Å². The number of nitrogens with zero attached hydrogens (tertiary/aromatic N) is 1. The maximum atomic E-state index is 12.2. The van der Waals surface area contributed by atoms with Crippen LogP contribution in [0.1, 0.15) is 25.3 Å². The second kappa shape index (κ2) is 8.84. The second-order valence-electron chi connectivity index (χ2n) is 5.56. The van der Waals surface area contributed by atoms with E-state index in [9.17, 15) is 29.3 Å². The van der Waals surface area contributed by atoms with Crippen LogP contribution in [-0.2, 0) is 28.7 Å². The highest BCUT2D eigenvalue weighted by Gasteiger charge is 2.47. The largest absolute Gasteiger partial charge is 0.468 e. The minimum atomic E-state index is -1.59. The van der Waals surface area contributed by atoms with Gasteiger partial charge in [-0.1, -0.05) is 18.2 Å². The van der Waals surface area contributed by atoms with Crippen molar-refractivity contribution in [2.45, 2.75) is 19.8 Å². The zero-order valence-electron chi connectivity index (χ0n) is 14.8. The predicted molar refractivity (Wildman–Crippen MR) is 88.2 cm³/mol. The van der Waals surface area contributed by atoms with E-state index in [0.29, 0.717) is 0 Å². The highest BCUT2D eigenvalue weighted by molar-refractivity contribution is 6.04. The molecule has 0 aliphatic rings. The Morgan fingerprint density at radius 3 is 1.69 bits per heavy atom. The van der Waals surface area contributed by atoms with Crippen molar-refractivity contribution in [2.75, 3.05) is 14.2 Å². The minimum Gasteiger partial charge on any atom is -0.468 e. The SMILES string of the molecule is COC(=O)C(C(C)=O)C(c1ccccc1[N+](=O)[O-])C(C(C)=O)C(=O)OC. The van der Waals surface area contributed by atoms with Crippen molar-refractivity contribution in [2.24, 2.45) is 11.8 Å². The Morgan fingerprint density at radius 1 is 0.923 bits per heavy atom. The van der Waals surface area contributed by atoms with Crippen LogP contribution in [0.4, 0.5) is 5.69 Å². The summed E-state index contributed by atoms with van der Waals surface area (Å²) >= 11 is 0. The van der Waals surface area contributed by atoms with Crippen molar-refractivity contribution < 1.29 is 33.6 Å². The van der Waals surface area contributed by atoms with Gasteiger partial charge < -0.3 is 9.47 Å². The van der Waals surface area contributed by atoms with E-state index in [0.717, 1.165) is 34.1 Å². The number of ether oxygens (including phenoxy) is 2. The standard InChI is InChI=1S/C17H19NO8/c1-9(19)13(16(21)25-3)15(14(10(2)20)17(22)26-4)11-7-5-6-8-12(11)18(23)24/h5-8,13-15H,1-4H3. The monoisotopic (exact) mass is 365 g/mol. The molecule has 0 radical (unpaired) electrons. The normalized spacial score (nSPS) is 13.8. The fourth-order valence-electron chi connectivity index (χ4n) is 2.87. The van der Waals surface area contributed by atoms with E-state index < -0.39 is 51.9 Å². The molecule has 0 fully saturated rings. The van der Waals surface area contributed by atoms with Crippen LogP contribution in [0.5, 0.6) is 0 Å². The van der Waals surface area contributed by atoms with Crippen LogP contribution >= 0.6 is 0 Å². The molecule has 2 unspecified atom stereocenters. The van der Waals surface area contributed by atoms with Gasteiger partial charge in [-0.25, -0.2) is 0 Å². The molecular weight excluding hydrogens is 346 g/mol. The zero-order chi connectivity index (χ0) is 20.0. The van der Waals surface area contributed by atoms with Crippen molar-refractivity contribution in [1.82, 2.24) is 0 Å². The van der Waals surface area contributed by atoms with Crippen molar-refractivity contribution in [3.8, 4) is 0 Å². The molecule has 0 aliphatic heterocycles. The summed E-state index contributed by atoms with van der Waals surface area (Å²) in [6.07, 6.45) is 0.